The summed E-state index contributed by atoms with van der Waals surface area (Å²) in [6, 6.07) is 8.06. The number of alkyl halides is 3. The van der Waals surface area contributed by atoms with Crippen molar-refractivity contribution in [2.24, 2.45) is 0 Å². The molecule has 3 rings (SSSR count). The van der Waals surface area contributed by atoms with Crippen molar-refractivity contribution in [2.75, 3.05) is 19.0 Å². The molecule has 0 spiro atoms. The number of rotatable bonds is 5. The number of hydrogen-bond acceptors (Lipinski definition) is 5. The second kappa shape index (κ2) is 8.28. The highest BCUT2D eigenvalue weighted by molar-refractivity contribution is 9.10. The summed E-state index contributed by atoms with van der Waals surface area (Å²) in [4.78, 5) is 16.7. The summed E-state index contributed by atoms with van der Waals surface area (Å²) in [5, 5.41) is 3.44. The van der Waals surface area contributed by atoms with Gasteiger partial charge < -0.3 is 14.8 Å². The highest BCUT2D eigenvalue weighted by atomic mass is 79.9. The van der Waals surface area contributed by atoms with Gasteiger partial charge in [-0.2, -0.15) is 13.2 Å². The van der Waals surface area contributed by atoms with E-state index >= 15 is 0 Å². The van der Waals surface area contributed by atoms with Gasteiger partial charge in [-0.05, 0) is 47.1 Å². The second-order valence-electron chi connectivity index (χ2n) is 5.97. The van der Waals surface area contributed by atoms with Crippen molar-refractivity contribution >= 4 is 44.2 Å². The van der Waals surface area contributed by atoms with Crippen molar-refractivity contribution in [3.63, 3.8) is 0 Å². The monoisotopic (exact) mass is 468 g/mol. The number of ether oxygens (including phenoxy) is 2. The van der Waals surface area contributed by atoms with Gasteiger partial charge in [-0.15, -0.1) is 0 Å². The molecule has 3 aromatic rings. The summed E-state index contributed by atoms with van der Waals surface area (Å²) in [5.41, 5.74) is 0.253. The van der Waals surface area contributed by atoms with E-state index in [1.54, 1.807) is 19.1 Å². The third kappa shape index (κ3) is 4.45. The number of carbonyl (C=O) groups excluding carboxylic acids is 1. The van der Waals surface area contributed by atoms with Gasteiger partial charge in [0.05, 0.1) is 35.0 Å². The zero-order valence-electron chi connectivity index (χ0n) is 15.4. The average Bonchev–Trinajstić information content (AvgIpc) is 2.67. The van der Waals surface area contributed by atoms with Crippen LogP contribution in [0, 0.1) is 0 Å². The molecule has 9 heteroatoms. The van der Waals surface area contributed by atoms with Crippen molar-refractivity contribution < 1.29 is 27.4 Å². The first-order valence-corrected chi connectivity index (χ1v) is 9.31. The van der Waals surface area contributed by atoms with E-state index in [0.29, 0.717) is 21.1 Å². The van der Waals surface area contributed by atoms with Gasteiger partial charge in [-0.3, -0.25) is 4.98 Å². The van der Waals surface area contributed by atoms with Crippen molar-refractivity contribution in [3.05, 3.63) is 58.2 Å². The Kier molecular flexibility index (Phi) is 5.97. The molecule has 2 aromatic carbocycles. The van der Waals surface area contributed by atoms with Gasteiger partial charge in [0.25, 0.3) is 0 Å². The van der Waals surface area contributed by atoms with Crippen LogP contribution in [0.4, 0.5) is 24.5 Å². The first-order valence-electron chi connectivity index (χ1n) is 8.52. The van der Waals surface area contributed by atoms with E-state index in [9.17, 15) is 18.0 Å². The minimum atomic E-state index is -4.49. The molecule has 1 aromatic heterocycles. The standard InChI is InChI=1S/C20H16BrF3N2O3/c1-3-29-19(27)14-10-25-16-9-17(28-2)15(21)8-13(16)18(14)26-12-6-4-5-11(7-12)20(22,23)24/h4-10H,3H2,1-2H3,(H,25,26). The zero-order chi connectivity index (χ0) is 21.2. The van der Waals surface area contributed by atoms with Crippen LogP contribution >= 0.6 is 15.9 Å². The predicted octanol–water partition coefficient (Wildman–Crippen LogP) is 5.95. The summed E-state index contributed by atoms with van der Waals surface area (Å²) in [6.07, 6.45) is -3.16. The lowest BCUT2D eigenvalue weighted by atomic mass is 10.1. The summed E-state index contributed by atoms with van der Waals surface area (Å²) < 4.78 is 50.1. The highest BCUT2D eigenvalue weighted by Crippen LogP contribution is 2.37. The van der Waals surface area contributed by atoms with Gasteiger partial charge >= 0.3 is 12.1 Å². The smallest absolute Gasteiger partial charge is 0.416 e. The summed E-state index contributed by atoms with van der Waals surface area (Å²) in [5.74, 6) is -0.109. The van der Waals surface area contributed by atoms with Crippen molar-refractivity contribution in [1.29, 1.82) is 0 Å². The Morgan fingerprint density at radius 1 is 1.24 bits per heavy atom. The fourth-order valence-corrected chi connectivity index (χ4v) is 3.27. The molecule has 0 fully saturated rings. The van der Waals surface area contributed by atoms with Gasteiger partial charge in [0, 0.05) is 23.3 Å². The third-order valence-corrected chi connectivity index (χ3v) is 4.72. The van der Waals surface area contributed by atoms with Crippen molar-refractivity contribution in [3.8, 4) is 5.75 Å². The quantitative estimate of drug-likeness (QED) is 0.469. The van der Waals surface area contributed by atoms with Crippen molar-refractivity contribution in [1.82, 2.24) is 4.98 Å². The number of pyridine rings is 1. The number of nitrogens with one attached hydrogen (secondary N) is 1. The number of benzene rings is 2. The molecule has 0 saturated heterocycles. The second-order valence-corrected chi connectivity index (χ2v) is 6.83. The fourth-order valence-electron chi connectivity index (χ4n) is 2.77. The molecule has 0 aliphatic rings. The lowest BCUT2D eigenvalue weighted by Crippen LogP contribution is -2.10. The molecular weight excluding hydrogens is 453 g/mol. The summed E-state index contributed by atoms with van der Waals surface area (Å²) in [6.45, 7) is 1.81. The Hall–Kier alpha value is -2.81. The van der Waals surface area contributed by atoms with Gasteiger partial charge in [0.1, 0.15) is 11.3 Å². The van der Waals surface area contributed by atoms with E-state index in [-0.39, 0.29) is 23.5 Å². The number of esters is 1. The molecule has 0 saturated carbocycles. The largest absolute Gasteiger partial charge is 0.495 e. The van der Waals surface area contributed by atoms with Crippen LogP contribution in [0.1, 0.15) is 22.8 Å². The van der Waals surface area contributed by atoms with E-state index in [0.717, 1.165) is 12.1 Å². The first kappa shape index (κ1) is 20.9. The Balaban J connectivity index is 2.18. The number of methoxy groups -OCH3 is 1. The Morgan fingerprint density at radius 2 is 2.00 bits per heavy atom. The topological polar surface area (TPSA) is 60.5 Å². The maximum atomic E-state index is 13.1. The number of anilines is 2. The van der Waals surface area contributed by atoms with E-state index < -0.39 is 17.7 Å². The molecule has 0 bridgehead atoms. The number of halogens is 4. The number of hydrogen-bond donors (Lipinski definition) is 1. The average molecular weight is 469 g/mol. The Morgan fingerprint density at radius 3 is 2.66 bits per heavy atom. The Bertz CT molecular complexity index is 1070. The number of fused-ring (bicyclic) bond motifs is 1. The Labute approximate surface area is 173 Å². The van der Waals surface area contributed by atoms with Crippen LogP contribution in [-0.4, -0.2) is 24.7 Å². The van der Waals surface area contributed by atoms with Gasteiger partial charge in [0.15, 0.2) is 0 Å². The van der Waals surface area contributed by atoms with E-state index in [4.69, 9.17) is 9.47 Å². The zero-order valence-corrected chi connectivity index (χ0v) is 17.0. The molecule has 0 aliphatic carbocycles. The molecule has 29 heavy (non-hydrogen) atoms. The van der Waals surface area contributed by atoms with Crippen LogP contribution in [-0.2, 0) is 10.9 Å². The fraction of sp³-hybridized carbons (Fsp3) is 0.200. The molecule has 0 amide bonds. The minimum Gasteiger partial charge on any atom is -0.495 e. The normalized spacial score (nSPS) is 11.4. The van der Waals surface area contributed by atoms with E-state index in [1.807, 2.05) is 0 Å². The number of carbonyl (C=O) groups is 1. The van der Waals surface area contributed by atoms with Crippen molar-refractivity contribution in [2.45, 2.75) is 13.1 Å². The van der Waals surface area contributed by atoms with Crippen LogP contribution in [0.25, 0.3) is 10.9 Å². The van der Waals surface area contributed by atoms with Crippen LogP contribution in [0.2, 0.25) is 0 Å². The highest BCUT2D eigenvalue weighted by Gasteiger charge is 2.30. The molecule has 152 valence electrons. The molecule has 1 N–H and O–H groups in total. The van der Waals surface area contributed by atoms with Gasteiger partial charge in [-0.25, -0.2) is 4.79 Å². The molecule has 1 heterocycles. The first-order chi connectivity index (χ1) is 13.7. The van der Waals surface area contributed by atoms with Crippen LogP contribution in [0.15, 0.2) is 47.1 Å². The molecule has 0 unspecified atom stereocenters. The number of aromatic nitrogens is 1. The minimum absolute atomic E-state index is 0.105. The molecular formula is C20H16BrF3N2O3. The van der Waals surface area contributed by atoms with E-state index in [2.05, 4.69) is 26.2 Å². The van der Waals surface area contributed by atoms with Crippen LogP contribution in [0.3, 0.4) is 0 Å². The SMILES string of the molecule is CCOC(=O)c1cnc2cc(OC)c(Br)cc2c1Nc1cccc(C(F)(F)F)c1. The van der Waals surface area contributed by atoms with E-state index in [1.165, 1.54) is 25.4 Å². The molecule has 0 aliphatic heterocycles. The van der Waals surface area contributed by atoms with Gasteiger partial charge in [-0.1, -0.05) is 6.07 Å². The molecule has 0 radical (unpaired) electrons. The summed E-state index contributed by atoms with van der Waals surface area (Å²) in [7, 11) is 1.50. The molecule has 0 atom stereocenters. The predicted molar refractivity (Wildman–Crippen MR) is 107 cm³/mol. The maximum Gasteiger partial charge on any atom is 0.416 e. The maximum absolute atomic E-state index is 13.1. The lowest BCUT2D eigenvalue weighted by Gasteiger charge is -2.16. The summed E-state index contributed by atoms with van der Waals surface area (Å²) >= 11 is 3.38. The van der Waals surface area contributed by atoms with Gasteiger partial charge in [0.2, 0.25) is 0 Å². The third-order valence-electron chi connectivity index (χ3n) is 4.10. The lowest BCUT2D eigenvalue weighted by molar-refractivity contribution is -0.137. The van der Waals surface area contributed by atoms with Crippen LogP contribution < -0.4 is 10.1 Å². The van der Waals surface area contributed by atoms with Crippen LogP contribution in [0.5, 0.6) is 5.75 Å². The number of nitrogens with zero attached hydrogens (tertiary/aromatic N) is 1. The molecule has 5 nitrogen and oxygen atoms in total.